The second-order valence-corrected chi connectivity index (χ2v) is 10.1. The fourth-order valence-corrected chi connectivity index (χ4v) is 5.36. The van der Waals surface area contributed by atoms with Gasteiger partial charge in [-0.2, -0.15) is 13.2 Å². The first kappa shape index (κ1) is 30.7. The average Bonchev–Trinajstić information content (AvgIpc) is 2.90. The fourth-order valence-electron chi connectivity index (χ4n) is 4.03. The Kier molecular flexibility index (Phi) is 10.0. The van der Waals surface area contributed by atoms with Gasteiger partial charge >= 0.3 is 24.2 Å². The van der Waals surface area contributed by atoms with Gasteiger partial charge in [0.05, 0.1) is 6.42 Å². The van der Waals surface area contributed by atoms with Crippen LogP contribution in [0.3, 0.4) is 0 Å². The minimum absolute atomic E-state index is 0.136. The minimum Gasteiger partial charge on any atom is -0.477 e. The molecule has 0 radical (unpaired) electrons. The number of likely N-dealkylation sites (N-methyl/N-ethyl adjacent to an activating group) is 1. The van der Waals surface area contributed by atoms with Crippen molar-refractivity contribution in [2.75, 3.05) is 45.6 Å². The lowest BCUT2D eigenvalue weighted by Gasteiger charge is -2.49. The first-order valence-corrected chi connectivity index (χ1v) is 13.0. The van der Waals surface area contributed by atoms with Crippen molar-refractivity contribution < 1.29 is 52.1 Å². The molecule has 3 aliphatic heterocycles. The van der Waals surface area contributed by atoms with Crippen molar-refractivity contribution in [1.29, 1.82) is 0 Å². The highest BCUT2D eigenvalue weighted by Crippen LogP contribution is 2.40. The standard InChI is InChI=1S/C22H26N4O6S.C2HF3O2/c1-24-7-9-25(10-8-24)22(31)32-12-15-13-33-20-17(19(28)26(20)18(15)21(29)30)23-16(27)11-14-5-3-2-4-6-14;3-2(4,5)1(6)7/h2-6,17,20H,7-13H2,1H3,(H,23,27)(H,29,30);(H,6,7)/t17?,20-;/m1./s1. The molecule has 1 aromatic carbocycles. The van der Waals surface area contributed by atoms with E-state index in [0.717, 1.165) is 18.7 Å². The number of nitrogens with one attached hydrogen (secondary N) is 1. The summed E-state index contributed by atoms with van der Waals surface area (Å²) in [6.45, 7) is 2.39. The highest BCUT2D eigenvalue weighted by atomic mass is 32.2. The number of nitrogens with zero attached hydrogens (tertiary/aromatic N) is 3. The number of ether oxygens (including phenoxy) is 1. The number of fused-ring (bicyclic) bond motifs is 1. The number of carbonyl (C=O) groups is 5. The van der Waals surface area contributed by atoms with E-state index in [1.807, 2.05) is 37.4 Å². The van der Waals surface area contributed by atoms with E-state index in [1.54, 1.807) is 4.90 Å². The predicted molar refractivity (Wildman–Crippen MR) is 134 cm³/mol. The maximum absolute atomic E-state index is 12.7. The number of hydrogen-bond acceptors (Lipinski definition) is 8. The van der Waals surface area contributed by atoms with Gasteiger partial charge in [0.25, 0.3) is 5.91 Å². The molecule has 1 unspecified atom stereocenters. The van der Waals surface area contributed by atoms with Gasteiger partial charge in [0.15, 0.2) is 0 Å². The zero-order valence-corrected chi connectivity index (χ0v) is 22.0. The Balaban J connectivity index is 0.000000559. The van der Waals surface area contributed by atoms with Crippen LogP contribution in [0.4, 0.5) is 18.0 Å². The zero-order chi connectivity index (χ0) is 29.6. The number of carboxylic acid groups (broad SMARTS) is 2. The quantitative estimate of drug-likeness (QED) is 0.410. The van der Waals surface area contributed by atoms with Crippen LogP contribution in [-0.4, -0.2) is 118 Å². The molecule has 3 aliphatic rings. The van der Waals surface area contributed by atoms with Gasteiger partial charge in [-0.3, -0.25) is 14.5 Å². The normalized spacial score (nSPS) is 20.9. The number of alkyl halides is 3. The summed E-state index contributed by atoms with van der Waals surface area (Å²) in [4.78, 5) is 63.2. The van der Waals surface area contributed by atoms with Crippen molar-refractivity contribution >= 4 is 41.6 Å². The molecule has 218 valence electrons. The molecule has 12 nitrogen and oxygen atoms in total. The molecule has 0 bridgehead atoms. The molecule has 1 aromatic rings. The molecule has 40 heavy (non-hydrogen) atoms. The van der Waals surface area contributed by atoms with Gasteiger partial charge in [0.1, 0.15) is 23.7 Å². The number of carbonyl (C=O) groups excluding carboxylic acids is 3. The summed E-state index contributed by atoms with van der Waals surface area (Å²) in [7, 11) is 1.98. The second-order valence-electron chi connectivity index (χ2n) is 9.02. The Bertz CT molecular complexity index is 1170. The third kappa shape index (κ3) is 7.65. The molecule has 0 aliphatic carbocycles. The van der Waals surface area contributed by atoms with Gasteiger partial charge in [-0.25, -0.2) is 14.4 Å². The molecule has 2 atom stereocenters. The van der Waals surface area contributed by atoms with Crippen molar-refractivity contribution in [3.8, 4) is 0 Å². The van der Waals surface area contributed by atoms with E-state index in [4.69, 9.17) is 14.6 Å². The molecule has 16 heteroatoms. The van der Waals surface area contributed by atoms with Crippen LogP contribution in [0.2, 0.25) is 0 Å². The van der Waals surface area contributed by atoms with Gasteiger partial charge in [0, 0.05) is 37.5 Å². The SMILES string of the molecule is CN1CCN(C(=O)OCC2=C(C(=O)O)N3C(=O)C(NC(=O)Cc4ccccc4)[C@H]3SC2)CC1.O=C(O)C(F)(F)F. The first-order chi connectivity index (χ1) is 18.8. The van der Waals surface area contributed by atoms with Crippen molar-refractivity contribution in [3.05, 3.63) is 47.2 Å². The van der Waals surface area contributed by atoms with Crippen LogP contribution in [0.5, 0.6) is 0 Å². The molecule has 3 N–H and O–H groups in total. The number of thioether (sulfide) groups is 1. The molecule has 2 saturated heterocycles. The van der Waals surface area contributed by atoms with E-state index >= 15 is 0 Å². The van der Waals surface area contributed by atoms with Crippen LogP contribution in [0.1, 0.15) is 5.56 Å². The lowest BCUT2D eigenvalue weighted by Crippen LogP contribution is -2.70. The summed E-state index contributed by atoms with van der Waals surface area (Å²) >= 11 is 1.35. The van der Waals surface area contributed by atoms with E-state index in [0.29, 0.717) is 18.7 Å². The molecule has 0 aromatic heterocycles. The van der Waals surface area contributed by atoms with Gasteiger partial charge in [-0.15, -0.1) is 11.8 Å². The van der Waals surface area contributed by atoms with E-state index in [9.17, 15) is 37.5 Å². The largest absolute Gasteiger partial charge is 0.490 e. The Morgan fingerprint density at radius 2 is 1.68 bits per heavy atom. The second kappa shape index (κ2) is 13.0. The number of rotatable bonds is 6. The van der Waals surface area contributed by atoms with E-state index in [-0.39, 0.29) is 30.4 Å². The number of aliphatic carboxylic acids is 2. The van der Waals surface area contributed by atoms with Gasteiger partial charge in [-0.1, -0.05) is 30.3 Å². The van der Waals surface area contributed by atoms with Crippen LogP contribution in [0.15, 0.2) is 41.6 Å². The van der Waals surface area contributed by atoms with Gasteiger partial charge < -0.3 is 30.1 Å². The van der Waals surface area contributed by atoms with Crippen molar-refractivity contribution in [3.63, 3.8) is 0 Å². The highest BCUT2D eigenvalue weighted by Gasteiger charge is 2.54. The molecule has 0 spiro atoms. The monoisotopic (exact) mass is 588 g/mol. The molecule has 3 amide bonds. The Morgan fingerprint density at radius 3 is 2.23 bits per heavy atom. The molecule has 4 rings (SSSR count). The van der Waals surface area contributed by atoms with Crippen LogP contribution in [0.25, 0.3) is 0 Å². The number of β-lactam (4-membered cyclic amide) rings is 1. The van der Waals surface area contributed by atoms with Crippen LogP contribution in [0, 0.1) is 0 Å². The number of benzene rings is 1. The van der Waals surface area contributed by atoms with Crippen LogP contribution >= 0.6 is 11.8 Å². The topological polar surface area (TPSA) is 157 Å². The van der Waals surface area contributed by atoms with Crippen molar-refractivity contribution in [2.45, 2.75) is 24.0 Å². The Hall–Kier alpha value is -3.79. The minimum atomic E-state index is -5.08. The summed E-state index contributed by atoms with van der Waals surface area (Å²) in [5.41, 5.74) is 1.03. The summed E-state index contributed by atoms with van der Waals surface area (Å²) in [5, 5.41) is 19.1. The van der Waals surface area contributed by atoms with Crippen LogP contribution < -0.4 is 5.32 Å². The van der Waals surface area contributed by atoms with Crippen molar-refractivity contribution in [1.82, 2.24) is 20.0 Å². The number of piperazine rings is 1. The summed E-state index contributed by atoms with van der Waals surface area (Å²) < 4.78 is 37.1. The smallest absolute Gasteiger partial charge is 0.477 e. The van der Waals surface area contributed by atoms with Crippen molar-refractivity contribution in [2.24, 2.45) is 0 Å². The van der Waals surface area contributed by atoms with Gasteiger partial charge in [-0.05, 0) is 12.6 Å². The zero-order valence-electron chi connectivity index (χ0n) is 21.2. The highest BCUT2D eigenvalue weighted by molar-refractivity contribution is 8.00. The van der Waals surface area contributed by atoms with Gasteiger partial charge in [0.2, 0.25) is 5.91 Å². The third-order valence-corrected chi connectivity index (χ3v) is 7.49. The third-order valence-electron chi connectivity index (χ3n) is 6.15. The van der Waals surface area contributed by atoms with E-state index in [1.165, 1.54) is 16.7 Å². The molecule has 2 fully saturated rings. The fraction of sp³-hybridized carbons (Fsp3) is 0.458. The number of hydrogen-bond donors (Lipinski definition) is 3. The Morgan fingerprint density at radius 1 is 1.07 bits per heavy atom. The lowest BCUT2D eigenvalue weighted by molar-refractivity contribution is -0.192. The molecule has 3 heterocycles. The first-order valence-electron chi connectivity index (χ1n) is 11.9. The van der Waals surface area contributed by atoms with E-state index in [2.05, 4.69) is 10.2 Å². The van der Waals surface area contributed by atoms with E-state index < -0.39 is 41.5 Å². The Labute approximate surface area is 230 Å². The number of carboxylic acids is 2. The van der Waals surface area contributed by atoms with Crippen LogP contribution in [-0.2, 0) is 30.3 Å². The molecule has 0 saturated carbocycles. The summed E-state index contributed by atoms with van der Waals surface area (Å²) in [6.07, 6.45) is -5.44. The summed E-state index contributed by atoms with van der Waals surface area (Å²) in [5.74, 6) is -4.50. The maximum Gasteiger partial charge on any atom is 0.490 e. The predicted octanol–water partition coefficient (Wildman–Crippen LogP) is 0.985. The summed E-state index contributed by atoms with van der Waals surface area (Å²) in [6, 6.07) is 8.38. The number of amides is 3. The maximum atomic E-state index is 12.7. The average molecular weight is 589 g/mol. The number of halogens is 3. The molecular formula is C24H27F3N4O8S. The molecular weight excluding hydrogens is 561 g/mol. The lowest BCUT2D eigenvalue weighted by atomic mass is 10.0.